The summed E-state index contributed by atoms with van der Waals surface area (Å²) in [6.07, 6.45) is 3.33. The molecular weight excluding hydrogens is 459 g/mol. The zero-order valence-corrected chi connectivity index (χ0v) is 19.6. The van der Waals surface area contributed by atoms with E-state index >= 15 is 4.39 Å². The van der Waals surface area contributed by atoms with Gasteiger partial charge in [0.15, 0.2) is 17.1 Å². The fourth-order valence-corrected chi connectivity index (χ4v) is 4.15. The van der Waals surface area contributed by atoms with E-state index in [4.69, 9.17) is 5.73 Å². The summed E-state index contributed by atoms with van der Waals surface area (Å²) in [6, 6.07) is 17.8. The molecule has 2 aromatic carbocycles. The van der Waals surface area contributed by atoms with Gasteiger partial charge in [0.1, 0.15) is 11.5 Å². The second-order valence-electron chi connectivity index (χ2n) is 8.57. The van der Waals surface area contributed by atoms with E-state index in [9.17, 15) is 9.90 Å². The predicted octanol–water partition coefficient (Wildman–Crippen LogP) is 3.61. The molecular formula is C27H23FN6O2. The van der Waals surface area contributed by atoms with Gasteiger partial charge in [-0.05, 0) is 35.4 Å². The van der Waals surface area contributed by atoms with Crippen LogP contribution in [0.5, 0.6) is 0 Å². The van der Waals surface area contributed by atoms with Crippen molar-refractivity contribution in [1.29, 1.82) is 0 Å². The highest BCUT2D eigenvalue weighted by Gasteiger charge is 2.40. The number of benzene rings is 2. The van der Waals surface area contributed by atoms with E-state index < -0.39 is 17.3 Å². The molecule has 1 amide bonds. The van der Waals surface area contributed by atoms with E-state index in [-0.39, 0.29) is 11.1 Å². The number of nitrogens with zero attached hydrogens (tertiary/aromatic N) is 4. The Bertz CT molecular complexity index is 1570. The molecule has 0 radical (unpaired) electrons. The minimum Gasteiger partial charge on any atom is -0.376 e. The number of hydrogen-bond donors (Lipinski definition) is 3. The summed E-state index contributed by atoms with van der Waals surface area (Å²) in [5, 5.41) is 11.2. The SMILES string of the molecule is CN(C)c1ccc(-c2nc3nccc(-c4ccc(C(O)(C(N)=O)c5ccccc5)c(F)c4)c3[nH]2)nc1. The number of carbonyl (C=O) groups excluding carboxylic acids is 1. The molecule has 3 aromatic heterocycles. The lowest BCUT2D eigenvalue weighted by atomic mass is 9.84. The largest absolute Gasteiger partial charge is 0.376 e. The minimum atomic E-state index is -2.32. The Hall–Kier alpha value is -4.63. The maximum Gasteiger partial charge on any atom is 0.258 e. The predicted molar refractivity (Wildman–Crippen MR) is 135 cm³/mol. The topological polar surface area (TPSA) is 121 Å². The molecule has 4 N–H and O–H groups in total. The van der Waals surface area contributed by atoms with Crippen molar-refractivity contribution in [3.63, 3.8) is 0 Å². The molecule has 0 bridgehead atoms. The lowest BCUT2D eigenvalue weighted by Gasteiger charge is -2.26. The first-order valence-electron chi connectivity index (χ1n) is 11.2. The summed E-state index contributed by atoms with van der Waals surface area (Å²) in [4.78, 5) is 30.8. The van der Waals surface area contributed by atoms with Crippen molar-refractivity contribution in [2.75, 3.05) is 19.0 Å². The summed E-state index contributed by atoms with van der Waals surface area (Å²) in [7, 11) is 3.87. The molecule has 180 valence electrons. The number of fused-ring (bicyclic) bond motifs is 1. The van der Waals surface area contributed by atoms with Crippen molar-refractivity contribution in [3.05, 3.63) is 96.1 Å². The van der Waals surface area contributed by atoms with Crippen LogP contribution < -0.4 is 10.6 Å². The highest BCUT2D eigenvalue weighted by Crippen LogP contribution is 2.35. The van der Waals surface area contributed by atoms with E-state index in [1.54, 1.807) is 42.7 Å². The van der Waals surface area contributed by atoms with Crippen molar-refractivity contribution in [3.8, 4) is 22.6 Å². The number of nitrogens with one attached hydrogen (secondary N) is 1. The number of imidazole rings is 1. The van der Waals surface area contributed by atoms with Crippen LogP contribution in [0.25, 0.3) is 33.8 Å². The van der Waals surface area contributed by atoms with E-state index in [0.717, 1.165) is 5.69 Å². The molecule has 0 saturated heterocycles. The highest BCUT2D eigenvalue weighted by molar-refractivity contribution is 5.92. The molecule has 5 rings (SSSR count). The molecule has 0 aliphatic heterocycles. The van der Waals surface area contributed by atoms with Gasteiger partial charge in [-0.15, -0.1) is 0 Å². The first kappa shape index (κ1) is 23.1. The molecule has 0 aliphatic rings. The Labute approximate surface area is 206 Å². The van der Waals surface area contributed by atoms with Crippen LogP contribution in [0.2, 0.25) is 0 Å². The van der Waals surface area contributed by atoms with Gasteiger partial charge >= 0.3 is 0 Å². The second-order valence-corrected chi connectivity index (χ2v) is 8.57. The van der Waals surface area contributed by atoms with Gasteiger partial charge in [0.25, 0.3) is 5.91 Å². The van der Waals surface area contributed by atoms with Crippen LogP contribution in [-0.4, -0.2) is 45.0 Å². The van der Waals surface area contributed by atoms with Crippen molar-refractivity contribution < 1.29 is 14.3 Å². The molecule has 9 heteroatoms. The molecule has 0 saturated carbocycles. The average molecular weight is 483 g/mol. The average Bonchev–Trinajstić information content (AvgIpc) is 3.33. The van der Waals surface area contributed by atoms with Crippen LogP contribution in [0.1, 0.15) is 11.1 Å². The van der Waals surface area contributed by atoms with Crippen LogP contribution in [0.4, 0.5) is 10.1 Å². The van der Waals surface area contributed by atoms with Gasteiger partial charge in [-0.2, -0.15) is 0 Å². The molecule has 8 nitrogen and oxygen atoms in total. The maximum absolute atomic E-state index is 15.4. The quantitative estimate of drug-likeness (QED) is 0.340. The second kappa shape index (κ2) is 8.86. The summed E-state index contributed by atoms with van der Waals surface area (Å²) >= 11 is 0. The number of nitrogens with two attached hydrogens (primary N) is 1. The number of amides is 1. The lowest BCUT2D eigenvalue weighted by molar-refractivity contribution is -0.133. The summed E-state index contributed by atoms with van der Waals surface area (Å²) in [6.45, 7) is 0. The van der Waals surface area contributed by atoms with Gasteiger partial charge in [-0.1, -0.05) is 42.5 Å². The Morgan fingerprint density at radius 2 is 1.83 bits per heavy atom. The smallest absolute Gasteiger partial charge is 0.258 e. The molecule has 0 fully saturated rings. The number of primary amides is 1. The summed E-state index contributed by atoms with van der Waals surface area (Å²) < 4.78 is 15.4. The maximum atomic E-state index is 15.4. The van der Waals surface area contributed by atoms with Crippen LogP contribution in [0.3, 0.4) is 0 Å². The highest BCUT2D eigenvalue weighted by atomic mass is 19.1. The number of aromatic amines is 1. The molecule has 0 aliphatic carbocycles. The third-order valence-electron chi connectivity index (χ3n) is 6.12. The fourth-order valence-electron chi connectivity index (χ4n) is 4.15. The third kappa shape index (κ3) is 3.85. The Kier molecular flexibility index (Phi) is 5.69. The van der Waals surface area contributed by atoms with Gasteiger partial charge in [-0.3, -0.25) is 9.78 Å². The van der Waals surface area contributed by atoms with E-state index in [2.05, 4.69) is 19.9 Å². The van der Waals surface area contributed by atoms with E-state index in [0.29, 0.717) is 33.8 Å². The number of carbonyl (C=O) groups is 1. The molecule has 0 spiro atoms. The lowest BCUT2D eigenvalue weighted by Crippen LogP contribution is -2.42. The summed E-state index contributed by atoms with van der Waals surface area (Å²) in [5.74, 6) is -1.32. The zero-order chi connectivity index (χ0) is 25.4. The first-order chi connectivity index (χ1) is 17.3. The van der Waals surface area contributed by atoms with Gasteiger partial charge in [0.05, 0.1) is 17.4 Å². The number of hydrogen-bond acceptors (Lipinski definition) is 6. The van der Waals surface area contributed by atoms with E-state index in [1.807, 2.05) is 31.1 Å². The fraction of sp³-hybridized carbons (Fsp3) is 0.111. The van der Waals surface area contributed by atoms with Crippen LogP contribution in [0, 0.1) is 5.82 Å². The zero-order valence-electron chi connectivity index (χ0n) is 19.6. The molecule has 36 heavy (non-hydrogen) atoms. The molecule has 3 heterocycles. The van der Waals surface area contributed by atoms with Crippen LogP contribution in [-0.2, 0) is 10.4 Å². The number of anilines is 1. The first-order valence-corrected chi connectivity index (χ1v) is 11.2. The number of rotatable bonds is 6. The Morgan fingerprint density at radius 3 is 2.47 bits per heavy atom. The number of halogens is 1. The third-order valence-corrected chi connectivity index (χ3v) is 6.12. The Morgan fingerprint density at radius 1 is 1.06 bits per heavy atom. The monoisotopic (exact) mass is 482 g/mol. The van der Waals surface area contributed by atoms with Gasteiger partial charge in [0, 0.05) is 31.4 Å². The molecule has 5 aromatic rings. The number of aliphatic hydroxyl groups is 1. The van der Waals surface area contributed by atoms with Gasteiger partial charge < -0.3 is 20.7 Å². The van der Waals surface area contributed by atoms with Crippen molar-refractivity contribution >= 4 is 22.8 Å². The van der Waals surface area contributed by atoms with Crippen molar-refractivity contribution in [2.24, 2.45) is 5.73 Å². The molecule has 1 atom stereocenters. The standard InChI is InChI=1S/C27H23FN6O2/c1-34(2)18-9-11-22(31-15-18)24-32-23-19(12-13-30-25(23)33-24)16-8-10-20(21(28)14-16)27(36,26(29)35)17-6-4-3-5-7-17/h3-15,36H,1-2H3,(H2,29,35)(H,30,32,33). The van der Waals surface area contributed by atoms with E-state index in [1.165, 1.54) is 24.3 Å². The number of H-pyrrole nitrogens is 1. The Balaban J connectivity index is 1.57. The normalized spacial score (nSPS) is 12.9. The number of aromatic nitrogens is 4. The van der Waals surface area contributed by atoms with Crippen molar-refractivity contribution in [2.45, 2.75) is 5.60 Å². The molecule has 1 unspecified atom stereocenters. The number of pyridine rings is 2. The minimum absolute atomic E-state index is 0.182. The van der Waals surface area contributed by atoms with Gasteiger partial charge in [0.2, 0.25) is 0 Å². The van der Waals surface area contributed by atoms with Crippen LogP contribution in [0.15, 0.2) is 79.1 Å². The van der Waals surface area contributed by atoms with Gasteiger partial charge in [-0.25, -0.2) is 14.4 Å². The van der Waals surface area contributed by atoms with Crippen molar-refractivity contribution in [1.82, 2.24) is 19.9 Å². The van der Waals surface area contributed by atoms with Crippen LogP contribution >= 0.6 is 0 Å². The summed E-state index contributed by atoms with van der Waals surface area (Å²) in [5.41, 5.74) is 6.96.